The topological polar surface area (TPSA) is 156 Å². The van der Waals surface area contributed by atoms with Crippen molar-refractivity contribution in [1.29, 1.82) is 0 Å². The van der Waals surface area contributed by atoms with Gasteiger partial charge in [0, 0.05) is 0 Å². The van der Waals surface area contributed by atoms with Crippen molar-refractivity contribution in [3.63, 3.8) is 0 Å². The number of carbonyl (C=O) groups excluding carboxylic acids is 1. The van der Waals surface area contributed by atoms with Crippen LogP contribution in [0.15, 0.2) is 0 Å². The molecule has 0 spiro atoms. The summed E-state index contributed by atoms with van der Waals surface area (Å²) in [6, 6.07) is 0. The standard InChI is InChI=1S/C8H15NO8S/c1-4(11)8(9)3-16-5(2-10)6(7(8)12)17-18(13,14)15/h5-7,10,12H,2-3,9H2,1H3,(H,13,14,15)/t5-,6+,7+,8-/m1/s1. The van der Waals surface area contributed by atoms with Gasteiger partial charge in [-0.05, 0) is 6.92 Å². The Balaban J connectivity index is 3.04. The number of ether oxygens (including phenoxy) is 1. The summed E-state index contributed by atoms with van der Waals surface area (Å²) < 4.78 is 39.1. The molecule has 0 saturated carbocycles. The molecule has 0 radical (unpaired) electrons. The molecule has 106 valence electrons. The third-order valence-electron chi connectivity index (χ3n) is 2.81. The molecule has 0 amide bonds. The van der Waals surface area contributed by atoms with Gasteiger partial charge >= 0.3 is 10.4 Å². The highest BCUT2D eigenvalue weighted by molar-refractivity contribution is 7.80. The zero-order chi connectivity index (χ0) is 14.1. The Morgan fingerprint density at radius 1 is 1.61 bits per heavy atom. The summed E-state index contributed by atoms with van der Waals surface area (Å²) >= 11 is 0. The number of aliphatic hydroxyl groups excluding tert-OH is 2. The van der Waals surface area contributed by atoms with Crippen LogP contribution >= 0.6 is 0 Å². The minimum absolute atomic E-state index is 0.403. The highest BCUT2D eigenvalue weighted by Gasteiger charge is 2.52. The fourth-order valence-corrected chi connectivity index (χ4v) is 2.15. The number of ketones is 1. The molecule has 0 aliphatic carbocycles. The Hall–Kier alpha value is -0.620. The van der Waals surface area contributed by atoms with Gasteiger partial charge in [0.25, 0.3) is 0 Å². The molecule has 1 rings (SSSR count). The van der Waals surface area contributed by atoms with E-state index in [1.807, 2.05) is 0 Å². The minimum Gasteiger partial charge on any atom is -0.394 e. The largest absolute Gasteiger partial charge is 0.397 e. The van der Waals surface area contributed by atoms with E-state index in [1.54, 1.807) is 0 Å². The van der Waals surface area contributed by atoms with Crippen molar-refractivity contribution >= 4 is 16.2 Å². The van der Waals surface area contributed by atoms with Gasteiger partial charge in [-0.15, -0.1) is 0 Å². The fourth-order valence-electron chi connectivity index (χ4n) is 1.64. The van der Waals surface area contributed by atoms with E-state index in [4.69, 9.17) is 20.1 Å². The molecule has 0 bridgehead atoms. The number of hydrogen-bond acceptors (Lipinski definition) is 8. The molecular weight excluding hydrogens is 270 g/mol. The molecule has 0 aromatic rings. The van der Waals surface area contributed by atoms with Gasteiger partial charge in [-0.1, -0.05) is 0 Å². The van der Waals surface area contributed by atoms with Gasteiger partial charge in [-0.25, -0.2) is 4.18 Å². The summed E-state index contributed by atoms with van der Waals surface area (Å²) in [4.78, 5) is 11.3. The van der Waals surface area contributed by atoms with Gasteiger partial charge < -0.3 is 20.7 Å². The van der Waals surface area contributed by atoms with Gasteiger partial charge in [-0.2, -0.15) is 8.42 Å². The van der Waals surface area contributed by atoms with Crippen molar-refractivity contribution in [3.8, 4) is 0 Å². The van der Waals surface area contributed by atoms with E-state index in [0.717, 1.165) is 6.92 Å². The summed E-state index contributed by atoms with van der Waals surface area (Å²) in [5, 5.41) is 18.9. The van der Waals surface area contributed by atoms with E-state index in [-0.39, 0.29) is 0 Å². The molecule has 0 unspecified atom stereocenters. The Bertz CT molecular complexity index is 423. The van der Waals surface area contributed by atoms with Crippen LogP contribution in [0.3, 0.4) is 0 Å². The van der Waals surface area contributed by atoms with E-state index in [1.165, 1.54) is 0 Å². The van der Waals surface area contributed by atoms with Crippen molar-refractivity contribution in [2.24, 2.45) is 5.73 Å². The molecule has 4 atom stereocenters. The maximum Gasteiger partial charge on any atom is 0.397 e. The van der Waals surface area contributed by atoms with Gasteiger partial charge in [0.05, 0.1) is 13.2 Å². The van der Waals surface area contributed by atoms with Crippen LogP contribution in [0.2, 0.25) is 0 Å². The third kappa shape index (κ3) is 3.03. The number of rotatable bonds is 4. The van der Waals surface area contributed by atoms with Gasteiger partial charge in [-0.3, -0.25) is 9.35 Å². The zero-order valence-corrected chi connectivity index (χ0v) is 10.3. The molecule has 1 heterocycles. The molecule has 0 aromatic heterocycles. The molecule has 1 fully saturated rings. The number of aliphatic hydroxyl groups is 2. The highest BCUT2D eigenvalue weighted by Crippen LogP contribution is 2.26. The predicted molar refractivity (Wildman–Crippen MR) is 56.9 cm³/mol. The van der Waals surface area contributed by atoms with Crippen molar-refractivity contribution in [2.45, 2.75) is 30.8 Å². The first-order valence-corrected chi connectivity index (χ1v) is 6.34. The van der Waals surface area contributed by atoms with E-state index in [0.29, 0.717) is 0 Å². The second-order valence-electron chi connectivity index (χ2n) is 4.06. The Morgan fingerprint density at radius 3 is 2.56 bits per heavy atom. The predicted octanol–water partition coefficient (Wildman–Crippen LogP) is -2.79. The SMILES string of the molecule is CC(=O)[C@]1(N)CO[C@H](CO)[C@H](OS(=O)(=O)O)[C@@H]1O. The lowest BCUT2D eigenvalue weighted by atomic mass is 9.83. The molecule has 0 aromatic carbocycles. The zero-order valence-electron chi connectivity index (χ0n) is 9.51. The van der Waals surface area contributed by atoms with Crippen LogP contribution in [0, 0.1) is 0 Å². The van der Waals surface area contributed by atoms with Crippen LogP contribution in [0.1, 0.15) is 6.92 Å². The molecule has 9 nitrogen and oxygen atoms in total. The second kappa shape index (κ2) is 5.17. The lowest BCUT2D eigenvalue weighted by molar-refractivity contribution is -0.179. The first kappa shape index (κ1) is 15.4. The Labute approximate surface area is 103 Å². The molecule has 18 heavy (non-hydrogen) atoms. The molecule has 1 aliphatic heterocycles. The van der Waals surface area contributed by atoms with Crippen LogP contribution in [0.5, 0.6) is 0 Å². The summed E-state index contributed by atoms with van der Waals surface area (Å²) in [6.45, 7) is 0.0155. The quantitative estimate of drug-likeness (QED) is 0.401. The maximum atomic E-state index is 11.3. The monoisotopic (exact) mass is 285 g/mol. The van der Waals surface area contributed by atoms with Crippen molar-refractivity contribution < 1.29 is 36.9 Å². The van der Waals surface area contributed by atoms with Crippen molar-refractivity contribution in [2.75, 3.05) is 13.2 Å². The Morgan fingerprint density at radius 2 is 2.17 bits per heavy atom. The summed E-state index contributed by atoms with van der Waals surface area (Å²) in [5.74, 6) is -0.643. The number of Topliss-reactive ketones (excluding diaryl/α,β-unsaturated/α-hetero) is 1. The van der Waals surface area contributed by atoms with Gasteiger partial charge in [0.15, 0.2) is 5.78 Å². The fraction of sp³-hybridized carbons (Fsp3) is 0.875. The lowest BCUT2D eigenvalue weighted by Crippen LogP contribution is -2.70. The van der Waals surface area contributed by atoms with E-state index in [9.17, 15) is 18.3 Å². The summed E-state index contributed by atoms with van der Waals surface area (Å²) in [5.41, 5.74) is 3.75. The Kier molecular flexibility index (Phi) is 4.43. The molecule has 5 N–H and O–H groups in total. The van der Waals surface area contributed by atoms with Gasteiger partial charge in [0.1, 0.15) is 23.9 Å². The first-order chi connectivity index (χ1) is 8.12. The van der Waals surface area contributed by atoms with Crippen LogP contribution in [-0.4, -0.2) is 66.0 Å². The number of nitrogens with two attached hydrogens (primary N) is 1. The molecular formula is C8H15NO8S. The lowest BCUT2D eigenvalue weighted by Gasteiger charge is -2.43. The molecule has 1 aliphatic rings. The summed E-state index contributed by atoms with van der Waals surface area (Å²) in [6.07, 6.45) is -4.64. The van der Waals surface area contributed by atoms with Gasteiger partial charge in [0.2, 0.25) is 0 Å². The average molecular weight is 285 g/mol. The van der Waals surface area contributed by atoms with Crippen LogP contribution in [0.25, 0.3) is 0 Å². The third-order valence-corrected chi connectivity index (χ3v) is 3.28. The van der Waals surface area contributed by atoms with E-state index >= 15 is 0 Å². The average Bonchev–Trinajstić information content (AvgIpc) is 2.23. The second-order valence-corrected chi connectivity index (χ2v) is 5.11. The molecule has 1 saturated heterocycles. The highest BCUT2D eigenvalue weighted by atomic mass is 32.3. The van der Waals surface area contributed by atoms with Crippen molar-refractivity contribution in [3.05, 3.63) is 0 Å². The maximum absolute atomic E-state index is 11.3. The summed E-state index contributed by atoms with van der Waals surface area (Å²) in [7, 11) is -4.89. The van der Waals surface area contributed by atoms with E-state index < -0.39 is 53.2 Å². The number of hydrogen-bond donors (Lipinski definition) is 4. The van der Waals surface area contributed by atoms with Crippen LogP contribution < -0.4 is 5.73 Å². The molecule has 10 heteroatoms. The van der Waals surface area contributed by atoms with E-state index in [2.05, 4.69) is 4.18 Å². The first-order valence-electron chi connectivity index (χ1n) is 4.98. The smallest absolute Gasteiger partial charge is 0.394 e. The normalized spacial score (nSPS) is 37.5. The van der Waals surface area contributed by atoms with Crippen LogP contribution in [-0.2, 0) is 24.1 Å². The number of carbonyl (C=O) groups is 1. The van der Waals surface area contributed by atoms with Crippen molar-refractivity contribution in [1.82, 2.24) is 0 Å². The minimum atomic E-state index is -4.89. The van der Waals surface area contributed by atoms with Crippen LogP contribution in [0.4, 0.5) is 0 Å².